The molecule has 0 aliphatic rings. The smallest absolute Gasteiger partial charge is 0.178 e. The molecule has 0 saturated carbocycles. The molecule has 0 fully saturated rings. The maximum Gasteiger partial charge on any atom is 0.178 e. The molecule has 0 saturated heterocycles. The van der Waals surface area contributed by atoms with Crippen LogP contribution in [0.4, 0.5) is 8.78 Å². The number of rotatable bonds is 1. The molecule has 19 heavy (non-hydrogen) atoms. The van der Waals surface area contributed by atoms with Gasteiger partial charge in [0.15, 0.2) is 5.65 Å². The summed E-state index contributed by atoms with van der Waals surface area (Å²) in [6.45, 7) is 3.50. The van der Waals surface area contributed by atoms with Gasteiger partial charge in [-0.3, -0.25) is 0 Å². The molecule has 3 nitrogen and oxygen atoms in total. The zero-order valence-corrected chi connectivity index (χ0v) is 10.5. The van der Waals surface area contributed by atoms with Gasteiger partial charge in [0.1, 0.15) is 17.5 Å². The molecular weight excluding hydrogens is 248 g/mol. The number of H-pyrrole nitrogens is 1. The van der Waals surface area contributed by atoms with E-state index < -0.39 is 11.6 Å². The molecule has 5 heteroatoms. The number of aromatic amines is 1. The van der Waals surface area contributed by atoms with E-state index in [0.29, 0.717) is 17.0 Å². The van der Waals surface area contributed by atoms with Crippen LogP contribution < -0.4 is 0 Å². The topological polar surface area (TPSA) is 41.6 Å². The van der Waals surface area contributed by atoms with Crippen LogP contribution in [0.3, 0.4) is 0 Å². The molecule has 3 rings (SSSR count). The minimum absolute atomic E-state index is 0.245. The molecule has 1 aromatic carbocycles. The summed E-state index contributed by atoms with van der Waals surface area (Å²) < 4.78 is 27.1. The fourth-order valence-corrected chi connectivity index (χ4v) is 1.97. The van der Waals surface area contributed by atoms with Gasteiger partial charge in [0, 0.05) is 12.3 Å². The molecule has 0 atom stereocenters. The second-order valence-corrected chi connectivity index (χ2v) is 4.55. The van der Waals surface area contributed by atoms with Crippen LogP contribution in [0.5, 0.6) is 0 Å². The number of imidazole rings is 1. The van der Waals surface area contributed by atoms with Gasteiger partial charge in [-0.15, -0.1) is 0 Å². The van der Waals surface area contributed by atoms with Gasteiger partial charge in [0.2, 0.25) is 0 Å². The molecule has 0 bridgehead atoms. The Kier molecular flexibility index (Phi) is 2.55. The number of halogens is 2. The average molecular weight is 259 g/mol. The Morgan fingerprint density at radius 2 is 1.84 bits per heavy atom. The molecule has 0 radical (unpaired) electrons. The van der Waals surface area contributed by atoms with Crippen molar-refractivity contribution in [3.8, 4) is 11.4 Å². The normalized spacial score (nSPS) is 11.2. The molecule has 3 aromatic rings. The van der Waals surface area contributed by atoms with Crippen LogP contribution in [-0.2, 0) is 0 Å². The van der Waals surface area contributed by atoms with E-state index in [1.807, 2.05) is 13.0 Å². The zero-order chi connectivity index (χ0) is 13.6. The maximum absolute atomic E-state index is 13.8. The fraction of sp³-hybridized carbons (Fsp3) is 0.143. The van der Waals surface area contributed by atoms with Crippen LogP contribution in [0.25, 0.3) is 22.6 Å². The highest BCUT2D eigenvalue weighted by Crippen LogP contribution is 2.25. The van der Waals surface area contributed by atoms with Crippen molar-refractivity contribution in [2.45, 2.75) is 13.8 Å². The summed E-state index contributed by atoms with van der Waals surface area (Å²) in [5.74, 6) is -0.848. The van der Waals surface area contributed by atoms with Gasteiger partial charge < -0.3 is 4.98 Å². The Balaban J connectivity index is 2.21. The highest BCUT2D eigenvalue weighted by atomic mass is 19.1. The molecule has 0 spiro atoms. The lowest BCUT2D eigenvalue weighted by Crippen LogP contribution is -1.91. The van der Waals surface area contributed by atoms with E-state index >= 15 is 0 Å². The zero-order valence-electron chi connectivity index (χ0n) is 10.5. The summed E-state index contributed by atoms with van der Waals surface area (Å²) in [6.07, 6.45) is 1.69. The van der Waals surface area contributed by atoms with Crippen molar-refractivity contribution < 1.29 is 8.78 Å². The minimum Gasteiger partial charge on any atom is -0.336 e. The van der Waals surface area contributed by atoms with Crippen LogP contribution in [0, 0.1) is 25.5 Å². The van der Waals surface area contributed by atoms with E-state index in [4.69, 9.17) is 0 Å². The Morgan fingerprint density at radius 3 is 2.63 bits per heavy atom. The predicted octanol–water partition coefficient (Wildman–Crippen LogP) is 3.52. The maximum atomic E-state index is 13.8. The second kappa shape index (κ2) is 4.12. The van der Waals surface area contributed by atoms with Gasteiger partial charge in [-0.1, -0.05) is 0 Å². The largest absolute Gasteiger partial charge is 0.336 e. The van der Waals surface area contributed by atoms with Gasteiger partial charge in [0.05, 0.1) is 11.1 Å². The van der Waals surface area contributed by atoms with E-state index in [0.717, 1.165) is 17.1 Å². The minimum atomic E-state index is -0.640. The first kappa shape index (κ1) is 11.8. The number of aryl methyl sites for hydroxylation is 2. The molecule has 1 N–H and O–H groups in total. The number of nitrogens with zero attached hydrogens (tertiary/aromatic N) is 2. The molecule has 0 amide bonds. The summed E-state index contributed by atoms with van der Waals surface area (Å²) in [7, 11) is 0. The first-order valence-electron chi connectivity index (χ1n) is 5.83. The van der Waals surface area contributed by atoms with E-state index in [-0.39, 0.29) is 5.56 Å². The van der Waals surface area contributed by atoms with Gasteiger partial charge in [-0.25, -0.2) is 18.7 Å². The Hall–Kier alpha value is -2.30. The fourth-order valence-electron chi connectivity index (χ4n) is 1.97. The van der Waals surface area contributed by atoms with Gasteiger partial charge in [0.25, 0.3) is 0 Å². The molecule has 2 heterocycles. The SMILES string of the molecule is Cc1cnc2nc(-c3cc(C)c(F)cc3F)[nH]c2c1. The van der Waals surface area contributed by atoms with Crippen LogP contribution in [0.1, 0.15) is 11.1 Å². The second-order valence-electron chi connectivity index (χ2n) is 4.55. The van der Waals surface area contributed by atoms with Crippen LogP contribution in [-0.4, -0.2) is 15.0 Å². The van der Waals surface area contributed by atoms with Crippen LogP contribution >= 0.6 is 0 Å². The summed E-state index contributed by atoms with van der Waals surface area (Å²) in [5.41, 5.74) is 2.85. The molecule has 0 aliphatic carbocycles. The predicted molar refractivity (Wildman–Crippen MR) is 68.7 cm³/mol. The summed E-state index contributed by atoms with van der Waals surface area (Å²) in [4.78, 5) is 11.4. The summed E-state index contributed by atoms with van der Waals surface area (Å²) in [6, 6.07) is 4.19. The number of nitrogens with one attached hydrogen (secondary N) is 1. The highest BCUT2D eigenvalue weighted by molar-refractivity contribution is 5.76. The third-order valence-electron chi connectivity index (χ3n) is 2.98. The molecule has 0 unspecified atom stereocenters. The molecule has 2 aromatic heterocycles. The van der Waals surface area contributed by atoms with E-state index in [1.165, 1.54) is 6.07 Å². The van der Waals surface area contributed by atoms with E-state index in [1.54, 1.807) is 13.1 Å². The van der Waals surface area contributed by atoms with E-state index in [9.17, 15) is 8.78 Å². The monoisotopic (exact) mass is 259 g/mol. The third-order valence-corrected chi connectivity index (χ3v) is 2.98. The molecule has 0 aliphatic heterocycles. The van der Waals surface area contributed by atoms with Gasteiger partial charge in [-0.2, -0.15) is 0 Å². The molecule has 96 valence electrons. The number of hydrogen-bond acceptors (Lipinski definition) is 2. The highest BCUT2D eigenvalue weighted by Gasteiger charge is 2.13. The summed E-state index contributed by atoms with van der Waals surface area (Å²) >= 11 is 0. The number of hydrogen-bond donors (Lipinski definition) is 1. The van der Waals surface area contributed by atoms with Crippen molar-refractivity contribution in [1.29, 1.82) is 0 Å². The lowest BCUT2D eigenvalue weighted by molar-refractivity contribution is 0.579. The van der Waals surface area contributed by atoms with Crippen molar-refractivity contribution in [2.75, 3.05) is 0 Å². The molecular formula is C14H11F2N3. The van der Waals surface area contributed by atoms with Gasteiger partial charge in [-0.05, 0) is 37.1 Å². The number of aromatic nitrogens is 3. The number of fused-ring (bicyclic) bond motifs is 1. The quantitative estimate of drug-likeness (QED) is 0.726. The van der Waals surface area contributed by atoms with Crippen molar-refractivity contribution in [3.05, 3.63) is 47.2 Å². The first-order chi connectivity index (χ1) is 9.04. The van der Waals surface area contributed by atoms with Crippen LogP contribution in [0.2, 0.25) is 0 Å². The standard InChI is InChI=1S/C14H11F2N3/c1-7-3-12-14(17-6-7)19-13(18-12)9-4-8(2)10(15)5-11(9)16/h3-6H,1-2H3,(H,17,18,19). The average Bonchev–Trinajstić information content (AvgIpc) is 2.76. The van der Waals surface area contributed by atoms with Crippen LogP contribution in [0.15, 0.2) is 24.4 Å². The summed E-state index contributed by atoms with van der Waals surface area (Å²) in [5, 5.41) is 0. The van der Waals surface area contributed by atoms with Gasteiger partial charge >= 0.3 is 0 Å². The van der Waals surface area contributed by atoms with E-state index in [2.05, 4.69) is 15.0 Å². The lowest BCUT2D eigenvalue weighted by atomic mass is 10.1. The third kappa shape index (κ3) is 1.97. The first-order valence-corrected chi connectivity index (χ1v) is 5.83. The Bertz CT molecular complexity index is 778. The van der Waals surface area contributed by atoms with Crippen molar-refractivity contribution in [3.63, 3.8) is 0 Å². The van der Waals surface area contributed by atoms with Crippen molar-refractivity contribution >= 4 is 11.2 Å². The lowest BCUT2D eigenvalue weighted by Gasteiger charge is -2.02. The Labute approximate surface area is 108 Å². The van der Waals surface area contributed by atoms with Crippen molar-refractivity contribution in [2.24, 2.45) is 0 Å². The number of benzene rings is 1. The van der Waals surface area contributed by atoms with Crippen molar-refractivity contribution in [1.82, 2.24) is 15.0 Å². The Morgan fingerprint density at radius 1 is 1.05 bits per heavy atom. The number of pyridine rings is 1.